The second kappa shape index (κ2) is 7.68. The van der Waals surface area contributed by atoms with Crippen molar-refractivity contribution in [2.75, 3.05) is 25.5 Å². The minimum Gasteiger partial charge on any atom is -0.497 e. The summed E-state index contributed by atoms with van der Waals surface area (Å²) in [6.45, 7) is 2.20. The highest BCUT2D eigenvalue weighted by Gasteiger charge is 2.65. The van der Waals surface area contributed by atoms with Gasteiger partial charge in [-0.1, -0.05) is 36.4 Å². The van der Waals surface area contributed by atoms with Crippen molar-refractivity contribution in [2.45, 2.75) is 36.5 Å². The van der Waals surface area contributed by atoms with Gasteiger partial charge in [-0.25, -0.2) is 0 Å². The summed E-state index contributed by atoms with van der Waals surface area (Å²) in [6.07, 6.45) is 3.21. The number of carbonyl (C=O) groups is 1. The summed E-state index contributed by atoms with van der Waals surface area (Å²) in [5, 5.41) is 15.5. The van der Waals surface area contributed by atoms with E-state index < -0.39 is 5.41 Å². The van der Waals surface area contributed by atoms with Crippen LogP contribution in [-0.4, -0.2) is 36.3 Å². The topological polar surface area (TPSA) is 79.0 Å². The first-order valence-corrected chi connectivity index (χ1v) is 12.5. The number of methoxy groups -OCH3 is 1. The fraction of sp³-hybridized carbons (Fsp3) is 0.310. The highest BCUT2D eigenvalue weighted by Crippen LogP contribution is 2.65. The molecule has 3 aliphatic rings. The van der Waals surface area contributed by atoms with E-state index in [4.69, 9.17) is 4.74 Å². The van der Waals surface area contributed by atoms with Gasteiger partial charge in [0.05, 0.1) is 23.7 Å². The van der Waals surface area contributed by atoms with Gasteiger partial charge in [0, 0.05) is 22.6 Å². The van der Waals surface area contributed by atoms with E-state index in [1.54, 1.807) is 7.11 Å². The van der Waals surface area contributed by atoms with Gasteiger partial charge in [-0.05, 0) is 79.2 Å². The second-order valence-corrected chi connectivity index (χ2v) is 10.1. The molecule has 4 aromatic rings. The molecular weight excluding hydrogens is 436 g/mol. The Morgan fingerprint density at radius 1 is 0.971 bits per heavy atom. The van der Waals surface area contributed by atoms with Crippen molar-refractivity contribution in [2.24, 2.45) is 0 Å². The zero-order chi connectivity index (χ0) is 23.6. The Bertz CT molecular complexity index is 1450. The lowest BCUT2D eigenvalue weighted by molar-refractivity contribution is -0.118. The molecular formula is C29H28N4O2. The number of anilines is 1. The predicted octanol–water partition coefficient (Wildman–Crippen LogP) is 5.08. The molecule has 3 N–H and O–H groups in total. The normalized spacial score (nSPS) is 23.5. The van der Waals surface area contributed by atoms with Crippen molar-refractivity contribution in [1.82, 2.24) is 15.5 Å². The number of carbonyl (C=O) groups excluding carboxylic acids is 1. The van der Waals surface area contributed by atoms with Crippen LogP contribution in [0.5, 0.6) is 5.75 Å². The number of nitrogens with zero attached hydrogens (tertiary/aromatic N) is 1. The van der Waals surface area contributed by atoms with Gasteiger partial charge < -0.3 is 15.4 Å². The molecule has 2 fully saturated rings. The Balaban J connectivity index is 1.18. The van der Waals surface area contributed by atoms with Gasteiger partial charge in [0.25, 0.3) is 0 Å². The summed E-state index contributed by atoms with van der Waals surface area (Å²) in [5.41, 5.74) is 7.14. The summed E-state index contributed by atoms with van der Waals surface area (Å²) < 4.78 is 5.43. The third-order valence-electron chi connectivity index (χ3n) is 8.31. The summed E-state index contributed by atoms with van der Waals surface area (Å²) in [6, 6.07) is 21.2. The number of benzene rings is 3. The third-order valence-corrected chi connectivity index (χ3v) is 8.31. The van der Waals surface area contributed by atoms with Crippen LogP contribution in [0.15, 0.2) is 60.7 Å². The van der Waals surface area contributed by atoms with E-state index in [1.165, 1.54) is 24.0 Å². The molecule has 176 valence electrons. The Hall–Kier alpha value is -3.64. The Labute approximate surface area is 204 Å². The lowest BCUT2D eigenvalue weighted by Crippen LogP contribution is -2.26. The van der Waals surface area contributed by atoms with Crippen molar-refractivity contribution in [3.05, 3.63) is 77.4 Å². The fourth-order valence-electron chi connectivity index (χ4n) is 6.24. The van der Waals surface area contributed by atoms with Crippen LogP contribution in [0, 0.1) is 0 Å². The van der Waals surface area contributed by atoms with Crippen LogP contribution in [0.25, 0.3) is 22.2 Å². The Morgan fingerprint density at radius 2 is 1.77 bits per heavy atom. The number of rotatable bonds is 4. The lowest BCUT2D eigenvalue weighted by Gasteiger charge is -2.23. The van der Waals surface area contributed by atoms with E-state index in [9.17, 15) is 4.79 Å². The number of aromatic nitrogens is 2. The molecule has 35 heavy (non-hydrogen) atoms. The van der Waals surface area contributed by atoms with E-state index in [2.05, 4.69) is 63.3 Å². The van der Waals surface area contributed by atoms with Crippen LogP contribution in [0.4, 0.5) is 5.69 Å². The minimum absolute atomic E-state index is 0.0880. The first-order valence-electron chi connectivity index (χ1n) is 12.5. The molecule has 1 spiro atoms. The fourth-order valence-corrected chi connectivity index (χ4v) is 6.24. The first-order chi connectivity index (χ1) is 17.2. The minimum atomic E-state index is -0.495. The van der Waals surface area contributed by atoms with E-state index in [1.807, 2.05) is 18.2 Å². The molecule has 1 unspecified atom stereocenters. The second-order valence-electron chi connectivity index (χ2n) is 10.1. The zero-order valence-electron chi connectivity index (χ0n) is 19.7. The van der Waals surface area contributed by atoms with Gasteiger partial charge in [0.1, 0.15) is 5.75 Å². The number of hydrogen-bond acceptors (Lipinski definition) is 4. The van der Waals surface area contributed by atoms with Gasteiger partial charge in [-0.3, -0.25) is 9.89 Å². The van der Waals surface area contributed by atoms with Gasteiger partial charge in [-0.2, -0.15) is 5.10 Å². The standard InChI is InChI=1S/C29H28N4O2/c1-35-21-7-9-25-23(15-21)29(28(34)31-25)16-24(29)20-6-8-22-26(14-20)32-33-27(22)19-4-2-17(3-5-19)18-10-12-30-13-11-18/h2-9,14-15,18,24,30H,10-13,16H2,1H3,(H,31,34)(H,32,33)/t24?,29-/m0/s1. The number of fused-ring (bicyclic) bond motifs is 3. The van der Waals surface area contributed by atoms with Gasteiger partial charge >= 0.3 is 0 Å². The molecule has 0 bridgehead atoms. The smallest absolute Gasteiger partial charge is 0.235 e. The summed E-state index contributed by atoms with van der Waals surface area (Å²) in [5.74, 6) is 1.67. The SMILES string of the molecule is COc1ccc2c(c1)[C@]1(CC1c1ccc3c(-c4ccc(C5CCNCC5)cc4)n[nH]c3c1)C(=O)N2. The van der Waals surface area contributed by atoms with Gasteiger partial charge in [0.2, 0.25) is 5.91 Å². The molecule has 7 rings (SSSR count). The molecule has 1 saturated carbocycles. The highest BCUT2D eigenvalue weighted by atomic mass is 16.5. The molecule has 1 amide bonds. The number of amides is 1. The van der Waals surface area contributed by atoms with Crippen LogP contribution in [0.3, 0.4) is 0 Å². The average molecular weight is 465 g/mol. The van der Waals surface area contributed by atoms with E-state index in [0.717, 1.165) is 58.7 Å². The van der Waals surface area contributed by atoms with E-state index in [0.29, 0.717) is 5.92 Å². The molecule has 3 heterocycles. The largest absolute Gasteiger partial charge is 0.497 e. The summed E-state index contributed by atoms with van der Waals surface area (Å²) in [4.78, 5) is 13.0. The lowest BCUT2D eigenvalue weighted by atomic mass is 9.89. The molecule has 6 nitrogen and oxygen atoms in total. The first kappa shape index (κ1) is 20.7. The Kier molecular flexibility index (Phi) is 4.55. The molecule has 6 heteroatoms. The van der Waals surface area contributed by atoms with Crippen molar-refractivity contribution >= 4 is 22.5 Å². The number of H-pyrrole nitrogens is 1. The van der Waals surface area contributed by atoms with Crippen LogP contribution in [0.2, 0.25) is 0 Å². The molecule has 3 aromatic carbocycles. The molecule has 1 saturated heterocycles. The third kappa shape index (κ3) is 3.13. The van der Waals surface area contributed by atoms with E-state index in [-0.39, 0.29) is 11.8 Å². The maximum absolute atomic E-state index is 13.0. The summed E-state index contributed by atoms with van der Waals surface area (Å²) in [7, 11) is 1.66. The monoisotopic (exact) mass is 464 g/mol. The predicted molar refractivity (Wildman–Crippen MR) is 137 cm³/mol. The average Bonchev–Trinajstić information content (AvgIpc) is 3.44. The van der Waals surface area contributed by atoms with Gasteiger partial charge in [0.15, 0.2) is 0 Å². The zero-order valence-corrected chi connectivity index (χ0v) is 19.7. The van der Waals surface area contributed by atoms with Crippen LogP contribution < -0.4 is 15.4 Å². The number of nitrogens with one attached hydrogen (secondary N) is 3. The highest BCUT2D eigenvalue weighted by molar-refractivity contribution is 6.10. The van der Waals surface area contributed by atoms with Crippen LogP contribution >= 0.6 is 0 Å². The van der Waals surface area contributed by atoms with Crippen LogP contribution in [-0.2, 0) is 10.2 Å². The van der Waals surface area contributed by atoms with E-state index >= 15 is 0 Å². The maximum atomic E-state index is 13.0. The number of ether oxygens (including phenoxy) is 1. The molecule has 2 atom stereocenters. The maximum Gasteiger partial charge on any atom is 0.235 e. The van der Waals surface area contributed by atoms with Gasteiger partial charge in [-0.15, -0.1) is 0 Å². The molecule has 1 aliphatic carbocycles. The molecule has 2 aliphatic heterocycles. The summed E-state index contributed by atoms with van der Waals surface area (Å²) >= 11 is 0. The number of piperidine rings is 1. The molecule has 0 radical (unpaired) electrons. The number of aromatic amines is 1. The van der Waals surface area contributed by atoms with Crippen molar-refractivity contribution in [1.29, 1.82) is 0 Å². The Morgan fingerprint density at radius 3 is 2.57 bits per heavy atom. The van der Waals surface area contributed by atoms with Crippen LogP contribution in [0.1, 0.15) is 47.8 Å². The number of hydrogen-bond donors (Lipinski definition) is 3. The molecule has 1 aromatic heterocycles. The van der Waals surface area contributed by atoms with Crippen molar-refractivity contribution in [3.8, 4) is 17.0 Å². The quantitative estimate of drug-likeness (QED) is 0.393. The van der Waals surface area contributed by atoms with Crippen molar-refractivity contribution in [3.63, 3.8) is 0 Å². The van der Waals surface area contributed by atoms with Crippen molar-refractivity contribution < 1.29 is 9.53 Å².